The molecule has 9 heteroatoms. The summed E-state index contributed by atoms with van der Waals surface area (Å²) in [5.74, 6) is -0.490. The SMILES string of the molecule is CCOC(=O)Cc1csc(NC(=O)c2cccc(OCC(=O)N(C)C)c2)n1. The van der Waals surface area contributed by atoms with Crippen LogP contribution in [-0.2, 0) is 20.7 Å². The zero-order valence-corrected chi connectivity index (χ0v) is 16.2. The quantitative estimate of drug-likeness (QED) is 0.691. The van der Waals surface area contributed by atoms with E-state index >= 15 is 0 Å². The number of thiazole rings is 1. The number of anilines is 1. The minimum Gasteiger partial charge on any atom is -0.484 e. The van der Waals surface area contributed by atoms with Crippen LogP contribution in [0.4, 0.5) is 5.13 Å². The van der Waals surface area contributed by atoms with Crippen molar-refractivity contribution in [1.29, 1.82) is 0 Å². The molecule has 1 aromatic carbocycles. The van der Waals surface area contributed by atoms with Crippen molar-refractivity contribution in [3.8, 4) is 5.75 Å². The summed E-state index contributed by atoms with van der Waals surface area (Å²) in [6.45, 7) is 1.94. The number of aromatic nitrogens is 1. The van der Waals surface area contributed by atoms with Crippen LogP contribution in [0, 0.1) is 0 Å². The maximum absolute atomic E-state index is 12.4. The third-order valence-corrected chi connectivity index (χ3v) is 4.17. The molecule has 0 saturated carbocycles. The molecule has 1 aromatic heterocycles. The Kier molecular flexibility index (Phi) is 7.30. The summed E-state index contributed by atoms with van der Waals surface area (Å²) in [7, 11) is 3.28. The fourth-order valence-corrected chi connectivity index (χ4v) is 2.68. The zero-order valence-electron chi connectivity index (χ0n) is 15.4. The summed E-state index contributed by atoms with van der Waals surface area (Å²) in [5, 5.41) is 4.76. The van der Waals surface area contributed by atoms with Gasteiger partial charge in [-0.2, -0.15) is 0 Å². The first-order valence-electron chi connectivity index (χ1n) is 8.23. The lowest BCUT2D eigenvalue weighted by Gasteiger charge is -2.11. The van der Waals surface area contributed by atoms with Gasteiger partial charge in [0, 0.05) is 25.0 Å². The number of carbonyl (C=O) groups excluding carboxylic acids is 3. The molecule has 8 nitrogen and oxygen atoms in total. The average molecular weight is 391 g/mol. The predicted molar refractivity (Wildman–Crippen MR) is 101 cm³/mol. The molecule has 0 aliphatic rings. The normalized spacial score (nSPS) is 10.2. The van der Waals surface area contributed by atoms with Crippen molar-refractivity contribution in [2.45, 2.75) is 13.3 Å². The molecular formula is C18H21N3O5S. The smallest absolute Gasteiger partial charge is 0.311 e. The fraction of sp³-hybridized carbons (Fsp3) is 0.333. The monoisotopic (exact) mass is 391 g/mol. The molecule has 0 bridgehead atoms. The van der Waals surface area contributed by atoms with Gasteiger partial charge in [0.15, 0.2) is 11.7 Å². The van der Waals surface area contributed by atoms with E-state index in [0.717, 1.165) is 0 Å². The first kappa shape index (κ1) is 20.4. The lowest BCUT2D eigenvalue weighted by Crippen LogP contribution is -2.27. The number of hydrogen-bond acceptors (Lipinski definition) is 7. The maximum atomic E-state index is 12.4. The van der Waals surface area contributed by atoms with Crippen molar-refractivity contribution in [2.24, 2.45) is 0 Å². The second kappa shape index (κ2) is 9.67. The van der Waals surface area contributed by atoms with Crippen LogP contribution in [0.3, 0.4) is 0 Å². The molecule has 1 heterocycles. The van der Waals surface area contributed by atoms with Crippen LogP contribution in [-0.4, -0.2) is 55.0 Å². The van der Waals surface area contributed by atoms with Crippen LogP contribution >= 0.6 is 11.3 Å². The van der Waals surface area contributed by atoms with Crippen LogP contribution in [0.15, 0.2) is 29.6 Å². The van der Waals surface area contributed by atoms with Crippen molar-refractivity contribution in [3.63, 3.8) is 0 Å². The van der Waals surface area contributed by atoms with Gasteiger partial charge in [-0.3, -0.25) is 19.7 Å². The van der Waals surface area contributed by atoms with Crippen LogP contribution in [0.1, 0.15) is 23.0 Å². The highest BCUT2D eigenvalue weighted by Crippen LogP contribution is 2.19. The number of rotatable bonds is 8. The first-order chi connectivity index (χ1) is 12.9. The minimum atomic E-state index is -0.364. The van der Waals surface area contributed by atoms with Crippen LogP contribution in [0.5, 0.6) is 5.75 Å². The molecule has 2 amide bonds. The largest absolute Gasteiger partial charge is 0.484 e. The number of hydrogen-bond donors (Lipinski definition) is 1. The molecule has 2 aromatic rings. The van der Waals surface area contributed by atoms with Gasteiger partial charge in [0.05, 0.1) is 18.7 Å². The molecule has 0 fully saturated rings. The lowest BCUT2D eigenvalue weighted by molar-refractivity contribution is -0.142. The standard InChI is InChI=1S/C18H21N3O5S/c1-4-25-16(23)9-13-11-27-18(19-13)20-17(24)12-6-5-7-14(8-12)26-10-15(22)21(2)3/h5-8,11H,4,9-10H2,1-3H3,(H,19,20,24). The summed E-state index contributed by atoms with van der Waals surface area (Å²) in [4.78, 5) is 41.1. The van der Waals surface area contributed by atoms with Crippen molar-refractivity contribution in [1.82, 2.24) is 9.88 Å². The molecule has 0 saturated heterocycles. The van der Waals surface area contributed by atoms with E-state index in [-0.39, 0.29) is 30.8 Å². The number of benzene rings is 1. The summed E-state index contributed by atoms with van der Waals surface area (Å²) in [5.41, 5.74) is 0.903. The highest BCUT2D eigenvalue weighted by molar-refractivity contribution is 7.14. The third-order valence-electron chi connectivity index (χ3n) is 3.36. The maximum Gasteiger partial charge on any atom is 0.311 e. The van der Waals surface area contributed by atoms with Gasteiger partial charge in [0.25, 0.3) is 11.8 Å². The molecule has 2 rings (SSSR count). The van der Waals surface area contributed by atoms with Gasteiger partial charge in [-0.25, -0.2) is 4.98 Å². The minimum absolute atomic E-state index is 0.0590. The second-order valence-electron chi connectivity index (χ2n) is 5.68. The number of esters is 1. The van der Waals surface area contributed by atoms with Crippen molar-refractivity contribution in [3.05, 3.63) is 40.9 Å². The van der Waals surface area contributed by atoms with Crippen LogP contribution < -0.4 is 10.1 Å². The van der Waals surface area contributed by atoms with E-state index in [1.165, 1.54) is 16.2 Å². The van der Waals surface area contributed by atoms with Gasteiger partial charge >= 0.3 is 5.97 Å². The number of carbonyl (C=O) groups is 3. The number of amides is 2. The number of nitrogens with zero attached hydrogens (tertiary/aromatic N) is 2. The van der Waals surface area contributed by atoms with E-state index in [0.29, 0.717) is 28.7 Å². The molecular weight excluding hydrogens is 370 g/mol. The molecule has 144 valence electrons. The predicted octanol–water partition coefficient (Wildman–Crippen LogP) is 1.97. The number of nitrogens with one attached hydrogen (secondary N) is 1. The van der Waals surface area contributed by atoms with Crippen molar-refractivity contribution < 1.29 is 23.9 Å². The molecule has 0 atom stereocenters. The number of likely N-dealkylation sites (N-methyl/N-ethyl adjacent to an activating group) is 1. The Balaban J connectivity index is 1.96. The van der Waals surface area contributed by atoms with E-state index in [1.54, 1.807) is 50.7 Å². The molecule has 0 spiro atoms. The van der Waals surface area contributed by atoms with Crippen molar-refractivity contribution in [2.75, 3.05) is 32.6 Å². The Hall–Kier alpha value is -2.94. The van der Waals surface area contributed by atoms with E-state index in [9.17, 15) is 14.4 Å². The van der Waals surface area contributed by atoms with Crippen LogP contribution in [0.2, 0.25) is 0 Å². The molecule has 27 heavy (non-hydrogen) atoms. The Morgan fingerprint density at radius 1 is 1.26 bits per heavy atom. The molecule has 0 aliphatic carbocycles. The van der Waals surface area contributed by atoms with Crippen LogP contribution in [0.25, 0.3) is 0 Å². The summed E-state index contributed by atoms with van der Waals surface area (Å²) in [6.07, 6.45) is 0.0590. The topological polar surface area (TPSA) is 97.8 Å². The second-order valence-corrected chi connectivity index (χ2v) is 6.54. The lowest BCUT2D eigenvalue weighted by atomic mass is 10.2. The summed E-state index contributed by atoms with van der Waals surface area (Å²) in [6, 6.07) is 6.51. The number of ether oxygens (including phenoxy) is 2. The highest BCUT2D eigenvalue weighted by atomic mass is 32.1. The summed E-state index contributed by atoms with van der Waals surface area (Å²) >= 11 is 1.22. The molecule has 0 unspecified atom stereocenters. The van der Waals surface area contributed by atoms with E-state index < -0.39 is 0 Å². The van der Waals surface area contributed by atoms with E-state index in [4.69, 9.17) is 9.47 Å². The van der Waals surface area contributed by atoms with Gasteiger partial charge in [-0.1, -0.05) is 6.07 Å². The first-order valence-corrected chi connectivity index (χ1v) is 9.11. The molecule has 0 radical (unpaired) electrons. The zero-order chi connectivity index (χ0) is 19.8. The summed E-state index contributed by atoms with van der Waals surface area (Å²) < 4.78 is 10.3. The Labute approximate surface area is 161 Å². The fourth-order valence-electron chi connectivity index (χ4n) is 1.98. The molecule has 1 N–H and O–H groups in total. The average Bonchev–Trinajstić information content (AvgIpc) is 3.06. The third kappa shape index (κ3) is 6.37. The Morgan fingerprint density at radius 3 is 2.74 bits per heavy atom. The Morgan fingerprint density at radius 2 is 2.04 bits per heavy atom. The van der Waals surface area contributed by atoms with E-state index in [2.05, 4.69) is 10.3 Å². The van der Waals surface area contributed by atoms with Crippen molar-refractivity contribution >= 4 is 34.3 Å². The van der Waals surface area contributed by atoms with Gasteiger partial charge in [-0.05, 0) is 25.1 Å². The van der Waals surface area contributed by atoms with Gasteiger partial charge in [0.2, 0.25) is 0 Å². The van der Waals surface area contributed by atoms with Gasteiger partial charge in [-0.15, -0.1) is 11.3 Å². The van der Waals surface area contributed by atoms with Gasteiger partial charge < -0.3 is 14.4 Å². The molecule has 0 aliphatic heterocycles. The highest BCUT2D eigenvalue weighted by Gasteiger charge is 2.13. The van der Waals surface area contributed by atoms with Gasteiger partial charge in [0.1, 0.15) is 5.75 Å². The van der Waals surface area contributed by atoms with E-state index in [1.807, 2.05) is 0 Å². The Bertz CT molecular complexity index is 819.